The van der Waals surface area contributed by atoms with E-state index in [9.17, 15) is 14.9 Å². The van der Waals surface area contributed by atoms with Crippen molar-refractivity contribution in [2.45, 2.75) is 32.6 Å². The van der Waals surface area contributed by atoms with Crippen molar-refractivity contribution in [1.29, 1.82) is 5.26 Å². The van der Waals surface area contributed by atoms with Gasteiger partial charge in [0.2, 0.25) is 0 Å². The van der Waals surface area contributed by atoms with Crippen molar-refractivity contribution in [1.82, 2.24) is 4.98 Å². The van der Waals surface area contributed by atoms with E-state index < -0.39 is 11.9 Å². The van der Waals surface area contributed by atoms with Crippen molar-refractivity contribution < 1.29 is 19.1 Å². The Morgan fingerprint density at radius 3 is 2.66 bits per heavy atom. The number of amides is 1. The number of nitrogens with zero attached hydrogens (tertiary/aromatic N) is 1. The van der Waals surface area contributed by atoms with Gasteiger partial charge < -0.3 is 19.8 Å². The number of anilines is 1. The third kappa shape index (κ3) is 4.69. The first-order valence-corrected chi connectivity index (χ1v) is 13.4. The van der Waals surface area contributed by atoms with Crippen LogP contribution in [0.4, 0.5) is 5.00 Å². The van der Waals surface area contributed by atoms with E-state index in [2.05, 4.69) is 16.4 Å². The molecular formula is C30H27N3O4S. The molecule has 5 rings (SSSR count). The molecule has 192 valence electrons. The van der Waals surface area contributed by atoms with Crippen molar-refractivity contribution in [2.75, 3.05) is 19.0 Å². The Morgan fingerprint density at radius 2 is 1.92 bits per heavy atom. The summed E-state index contributed by atoms with van der Waals surface area (Å²) in [5, 5.41) is 14.1. The van der Waals surface area contributed by atoms with Crippen LogP contribution in [0.25, 0.3) is 28.2 Å². The Morgan fingerprint density at radius 1 is 1.13 bits per heavy atom. The zero-order valence-electron chi connectivity index (χ0n) is 21.2. The summed E-state index contributed by atoms with van der Waals surface area (Å²) in [5.74, 6) is -0.363. The lowest BCUT2D eigenvalue weighted by Gasteiger charge is -2.12. The van der Waals surface area contributed by atoms with Gasteiger partial charge in [-0.2, -0.15) is 5.26 Å². The normalized spacial score (nSPS) is 13.0. The highest BCUT2D eigenvalue weighted by Gasteiger charge is 2.28. The molecule has 2 heterocycles. The van der Waals surface area contributed by atoms with Gasteiger partial charge in [0, 0.05) is 15.8 Å². The molecule has 0 unspecified atom stereocenters. The first kappa shape index (κ1) is 25.3. The van der Waals surface area contributed by atoms with E-state index >= 15 is 0 Å². The fraction of sp³-hybridized carbons (Fsp3) is 0.233. The molecule has 1 amide bonds. The summed E-state index contributed by atoms with van der Waals surface area (Å²) in [7, 11) is 1.60. The lowest BCUT2D eigenvalue weighted by atomic mass is 9.95. The molecule has 4 aromatic rings. The standard InChI is InChI=1S/C30H27N3O4S/c1-3-37-30(35)25-21-12-7-8-15-24(21)38-29(25)33-28(34)19(17-31)16-22-20-13-9-14-23(36-2)27(20)32-26(22)18-10-5-4-6-11-18/h4-6,9-11,13-14,16,32H,3,7-8,12,15H2,1-2H3,(H,33,34)/b19-16+. The van der Waals surface area contributed by atoms with E-state index in [4.69, 9.17) is 9.47 Å². The molecule has 2 N–H and O–H groups in total. The highest BCUT2D eigenvalue weighted by Crippen LogP contribution is 2.39. The van der Waals surface area contributed by atoms with Crippen molar-refractivity contribution in [2.24, 2.45) is 0 Å². The number of rotatable bonds is 7. The fourth-order valence-corrected chi connectivity index (χ4v) is 6.17. The minimum Gasteiger partial charge on any atom is -0.495 e. The van der Waals surface area contributed by atoms with Crippen LogP contribution in [0.5, 0.6) is 5.75 Å². The van der Waals surface area contributed by atoms with Crippen molar-refractivity contribution in [3.8, 4) is 23.1 Å². The number of ether oxygens (including phenoxy) is 2. The number of benzene rings is 2. The third-order valence-corrected chi connectivity index (χ3v) is 7.86. The van der Waals surface area contributed by atoms with Crippen LogP contribution in [0.2, 0.25) is 0 Å². The first-order valence-electron chi connectivity index (χ1n) is 12.5. The Kier molecular flexibility index (Phi) is 7.29. The molecule has 38 heavy (non-hydrogen) atoms. The number of aromatic amines is 1. The van der Waals surface area contributed by atoms with Gasteiger partial charge in [0.25, 0.3) is 5.91 Å². The molecule has 0 saturated heterocycles. The van der Waals surface area contributed by atoms with Crippen LogP contribution in [0.15, 0.2) is 54.1 Å². The van der Waals surface area contributed by atoms with Crippen LogP contribution in [0.1, 0.15) is 46.1 Å². The number of H-pyrrole nitrogens is 1. The topological polar surface area (TPSA) is 104 Å². The summed E-state index contributed by atoms with van der Waals surface area (Å²) in [4.78, 5) is 30.8. The largest absolute Gasteiger partial charge is 0.495 e. The number of esters is 1. The average Bonchev–Trinajstić information content (AvgIpc) is 3.50. The monoisotopic (exact) mass is 525 g/mol. The molecule has 0 saturated carbocycles. The lowest BCUT2D eigenvalue weighted by Crippen LogP contribution is -2.16. The van der Waals surface area contributed by atoms with E-state index in [1.807, 2.05) is 48.5 Å². The SMILES string of the molecule is CCOC(=O)c1c(NC(=O)/C(C#N)=C/c2c(-c3ccccc3)[nH]c3c(OC)cccc23)sc2c1CCCC2. The van der Waals surface area contributed by atoms with Gasteiger partial charge in [-0.25, -0.2) is 4.79 Å². The maximum Gasteiger partial charge on any atom is 0.341 e. The van der Waals surface area contributed by atoms with Crippen LogP contribution in [0, 0.1) is 11.3 Å². The van der Waals surface area contributed by atoms with Gasteiger partial charge in [-0.1, -0.05) is 42.5 Å². The molecule has 0 fully saturated rings. The molecule has 0 aliphatic heterocycles. The minimum atomic E-state index is -0.576. The number of hydrogen-bond donors (Lipinski definition) is 2. The lowest BCUT2D eigenvalue weighted by molar-refractivity contribution is -0.112. The molecular weight excluding hydrogens is 498 g/mol. The maximum atomic E-state index is 13.4. The van der Waals surface area contributed by atoms with Gasteiger partial charge in [-0.05, 0) is 55.9 Å². The second-order valence-electron chi connectivity index (χ2n) is 8.92. The predicted octanol–water partition coefficient (Wildman–Crippen LogP) is 6.51. The van der Waals surface area contributed by atoms with E-state index in [1.54, 1.807) is 20.1 Å². The summed E-state index contributed by atoms with van der Waals surface area (Å²) in [6, 6.07) is 17.4. The summed E-state index contributed by atoms with van der Waals surface area (Å²) in [6.45, 7) is 2.00. The average molecular weight is 526 g/mol. The Bertz CT molecular complexity index is 1590. The molecule has 2 aromatic heterocycles. The molecule has 0 bridgehead atoms. The van der Waals surface area contributed by atoms with Gasteiger partial charge >= 0.3 is 5.97 Å². The van der Waals surface area contributed by atoms with Gasteiger partial charge in [-0.3, -0.25) is 4.79 Å². The summed E-state index contributed by atoms with van der Waals surface area (Å²) in [5.41, 5.74) is 4.44. The number of para-hydroxylation sites is 1. The van der Waals surface area contributed by atoms with Crippen LogP contribution < -0.4 is 10.1 Å². The zero-order chi connectivity index (χ0) is 26.6. The minimum absolute atomic E-state index is 0.0768. The second kappa shape index (κ2) is 11.0. The van der Waals surface area contributed by atoms with Gasteiger partial charge in [0.15, 0.2) is 0 Å². The summed E-state index contributed by atoms with van der Waals surface area (Å²) >= 11 is 1.40. The van der Waals surface area contributed by atoms with Crippen molar-refractivity contribution in [3.63, 3.8) is 0 Å². The number of hydrogen-bond acceptors (Lipinski definition) is 6. The second-order valence-corrected chi connectivity index (χ2v) is 10.0. The van der Waals surface area contributed by atoms with Crippen molar-refractivity contribution in [3.05, 3.63) is 75.7 Å². The van der Waals surface area contributed by atoms with Gasteiger partial charge in [-0.15, -0.1) is 11.3 Å². The number of nitrogens with one attached hydrogen (secondary N) is 2. The number of carbonyl (C=O) groups excluding carboxylic acids is 2. The number of carbonyl (C=O) groups is 2. The molecule has 7 nitrogen and oxygen atoms in total. The summed E-state index contributed by atoms with van der Waals surface area (Å²) in [6.07, 6.45) is 5.25. The number of aromatic nitrogens is 1. The van der Waals surface area contributed by atoms with Crippen LogP contribution in [0.3, 0.4) is 0 Å². The third-order valence-electron chi connectivity index (χ3n) is 6.65. The quantitative estimate of drug-likeness (QED) is 0.163. The molecule has 1 aliphatic carbocycles. The number of methoxy groups -OCH3 is 1. The molecule has 0 radical (unpaired) electrons. The molecule has 2 aromatic carbocycles. The number of nitriles is 1. The number of aryl methyl sites for hydroxylation is 1. The van der Waals surface area contributed by atoms with Crippen LogP contribution in [-0.2, 0) is 22.4 Å². The van der Waals surface area contributed by atoms with Gasteiger partial charge in [0.05, 0.1) is 30.5 Å². The highest BCUT2D eigenvalue weighted by atomic mass is 32.1. The van der Waals surface area contributed by atoms with Crippen LogP contribution >= 0.6 is 11.3 Å². The van der Waals surface area contributed by atoms with E-state index in [-0.39, 0.29) is 12.2 Å². The molecule has 0 atom stereocenters. The molecule has 8 heteroatoms. The predicted molar refractivity (Wildman–Crippen MR) is 149 cm³/mol. The first-order chi connectivity index (χ1) is 18.5. The fourth-order valence-electron chi connectivity index (χ4n) is 4.90. The van der Waals surface area contributed by atoms with E-state index in [1.165, 1.54) is 11.3 Å². The molecule has 0 spiro atoms. The maximum absolute atomic E-state index is 13.4. The van der Waals surface area contributed by atoms with E-state index in [0.717, 1.165) is 58.3 Å². The van der Waals surface area contributed by atoms with Crippen molar-refractivity contribution >= 4 is 45.2 Å². The Balaban J connectivity index is 1.58. The highest BCUT2D eigenvalue weighted by molar-refractivity contribution is 7.17. The smallest absolute Gasteiger partial charge is 0.341 e. The number of fused-ring (bicyclic) bond motifs is 2. The van der Waals surface area contributed by atoms with Crippen LogP contribution in [-0.4, -0.2) is 30.6 Å². The summed E-state index contributed by atoms with van der Waals surface area (Å²) < 4.78 is 10.8. The Hall–Kier alpha value is -4.35. The molecule has 1 aliphatic rings. The Labute approximate surface area is 224 Å². The zero-order valence-corrected chi connectivity index (χ0v) is 22.0. The van der Waals surface area contributed by atoms with E-state index in [0.29, 0.717) is 21.9 Å². The van der Waals surface area contributed by atoms with Gasteiger partial charge in [0.1, 0.15) is 22.4 Å². The number of thiophene rings is 1.